The molecule has 0 aromatic heterocycles. The van der Waals surface area contributed by atoms with E-state index in [0.29, 0.717) is 12.6 Å². The number of carboxylic acid groups (broad SMARTS) is 1. The van der Waals surface area contributed by atoms with Gasteiger partial charge in [-0.05, 0) is 26.8 Å². The van der Waals surface area contributed by atoms with Crippen LogP contribution in [0.5, 0.6) is 0 Å². The summed E-state index contributed by atoms with van der Waals surface area (Å²) in [7, 11) is 2.03. The van der Waals surface area contributed by atoms with Crippen LogP contribution in [-0.4, -0.2) is 54.3 Å². The fourth-order valence-corrected chi connectivity index (χ4v) is 1.43. The molecule has 0 aromatic carbocycles. The van der Waals surface area contributed by atoms with Crippen LogP contribution in [0.25, 0.3) is 0 Å². The summed E-state index contributed by atoms with van der Waals surface area (Å²) in [5.41, 5.74) is 2.00. The van der Waals surface area contributed by atoms with Crippen molar-refractivity contribution in [2.75, 3.05) is 20.2 Å². The Kier molecular flexibility index (Phi) is 5.17. The van der Waals surface area contributed by atoms with Crippen LogP contribution in [0, 0.1) is 0 Å². The van der Waals surface area contributed by atoms with E-state index in [9.17, 15) is 9.59 Å². The first-order valence-electron chi connectivity index (χ1n) is 5.60. The molecule has 1 saturated carbocycles. The van der Waals surface area contributed by atoms with Crippen LogP contribution in [0.1, 0.15) is 19.8 Å². The van der Waals surface area contributed by atoms with Gasteiger partial charge in [-0.15, -0.1) is 0 Å². The van der Waals surface area contributed by atoms with Crippen LogP contribution < -0.4 is 10.8 Å². The minimum absolute atomic E-state index is 0.243. The molecule has 1 atom stereocenters. The summed E-state index contributed by atoms with van der Waals surface area (Å²) >= 11 is 0. The van der Waals surface area contributed by atoms with Crippen molar-refractivity contribution in [3.8, 4) is 0 Å². The molecule has 1 aliphatic carbocycles. The monoisotopic (exact) mass is 245 g/mol. The van der Waals surface area contributed by atoms with Gasteiger partial charge < -0.3 is 10.4 Å². The first kappa shape index (κ1) is 13.7. The van der Waals surface area contributed by atoms with E-state index in [-0.39, 0.29) is 6.04 Å². The van der Waals surface area contributed by atoms with Gasteiger partial charge in [-0.1, -0.05) is 0 Å². The molecule has 7 nitrogen and oxygen atoms in total. The number of hydrogen-bond acceptors (Lipinski definition) is 4. The van der Waals surface area contributed by atoms with Crippen molar-refractivity contribution < 1.29 is 19.5 Å². The normalized spacial score (nSPS) is 16.6. The van der Waals surface area contributed by atoms with E-state index in [2.05, 4.69) is 15.1 Å². The van der Waals surface area contributed by atoms with E-state index in [1.165, 1.54) is 12.8 Å². The number of likely N-dealkylation sites (N-methyl/N-ethyl adjacent to an activating group) is 1. The van der Waals surface area contributed by atoms with Crippen molar-refractivity contribution >= 4 is 12.0 Å². The molecule has 98 valence electrons. The number of hydrogen-bond donors (Lipinski definition) is 3. The Morgan fingerprint density at radius 1 is 1.53 bits per heavy atom. The Morgan fingerprint density at radius 2 is 2.18 bits per heavy atom. The van der Waals surface area contributed by atoms with Gasteiger partial charge in [0.1, 0.15) is 0 Å². The minimum Gasteiger partial charge on any atom is -0.479 e. The van der Waals surface area contributed by atoms with Crippen molar-refractivity contribution in [1.29, 1.82) is 0 Å². The number of nitrogens with one attached hydrogen (secondary N) is 2. The summed E-state index contributed by atoms with van der Waals surface area (Å²) in [6.45, 7) is 1.97. The predicted molar refractivity (Wildman–Crippen MR) is 60.4 cm³/mol. The number of rotatable bonds is 7. The predicted octanol–water partition coefficient (Wildman–Crippen LogP) is -0.215. The Morgan fingerprint density at radius 3 is 2.71 bits per heavy atom. The molecule has 0 saturated heterocycles. The minimum atomic E-state index is -1.13. The first-order chi connectivity index (χ1) is 8.00. The van der Waals surface area contributed by atoms with Gasteiger partial charge in [0.2, 0.25) is 0 Å². The first-order valence-corrected chi connectivity index (χ1v) is 5.60. The summed E-state index contributed by atoms with van der Waals surface area (Å²) in [5, 5.41) is 10.9. The van der Waals surface area contributed by atoms with E-state index >= 15 is 0 Å². The zero-order valence-electron chi connectivity index (χ0n) is 10.1. The van der Waals surface area contributed by atoms with Crippen molar-refractivity contribution in [2.24, 2.45) is 0 Å². The van der Waals surface area contributed by atoms with Crippen LogP contribution in [-0.2, 0) is 9.63 Å². The van der Waals surface area contributed by atoms with E-state index in [0.717, 1.165) is 0 Å². The third-order valence-corrected chi connectivity index (χ3v) is 2.74. The van der Waals surface area contributed by atoms with Crippen molar-refractivity contribution in [2.45, 2.75) is 31.8 Å². The molecule has 1 aliphatic rings. The fourth-order valence-electron chi connectivity index (χ4n) is 1.43. The van der Waals surface area contributed by atoms with Gasteiger partial charge in [-0.3, -0.25) is 9.74 Å². The number of carboxylic acids is 1. The van der Waals surface area contributed by atoms with Gasteiger partial charge in [0.05, 0.1) is 0 Å². The van der Waals surface area contributed by atoms with Gasteiger partial charge in [-0.2, -0.15) is 0 Å². The van der Waals surface area contributed by atoms with Gasteiger partial charge in [0.25, 0.3) is 0 Å². The molecular formula is C10H19N3O4. The van der Waals surface area contributed by atoms with Crippen LogP contribution >= 0.6 is 0 Å². The number of urea groups is 1. The lowest BCUT2D eigenvalue weighted by Gasteiger charge is -2.24. The largest absolute Gasteiger partial charge is 0.479 e. The van der Waals surface area contributed by atoms with Crippen molar-refractivity contribution in [3.05, 3.63) is 0 Å². The van der Waals surface area contributed by atoms with Crippen LogP contribution in [0.4, 0.5) is 4.79 Å². The average molecular weight is 245 g/mol. The van der Waals surface area contributed by atoms with E-state index in [1.807, 2.05) is 19.5 Å². The van der Waals surface area contributed by atoms with Gasteiger partial charge in [-0.25, -0.2) is 15.1 Å². The molecule has 2 amide bonds. The quantitative estimate of drug-likeness (QED) is 0.540. The molecule has 0 bridgehead atoms. The molecule has 3 N–H and O–H groups in total. The van der Waals surface area contributed by atoms with Gasteiger partial charge in [0, 0.05) is 18.6 Å². The third kappa shape index (κ3) is 5.50. The van der Waals surface area contributed by atoms with Crippen molar-refractivity contribution in [1.82, 2.24) is 15.7 Å². The highest BCUT2D eigenvalue weighted by molar-refractivity contribution is 5.73. The van der Waals surface area contributed by atoms with Crippen LogP contribution in [0.15, 0.2) is 0 Å². The fraction of sp³-hybridized carbons (Fsp3) is 0.800. The molecule has 1 fully saturated rings. The highest BCUT2D eigenvalue weighted by Gasteiger charge is 2.29. The van der Waals surface area contributed by atoms with Gasteiger partial charge >= 0.3 is 12.0 Å². The summed E-state index contributed by atoms with van der Waals surface area (Å²) < 4.78 is 0. The van der Waals surface area contributed by atoms with Crippen LogP contribution in [0.3, 0.4) is 0 Å². The Labute approximate surface area is 100 Å². The molecule has 0 aliphatic heterocycles. The van der Waals surface area contributed by atoms with E-state index < -0.39 is 18.6 Å². The Bertz CT molecular complexity index is 281. The standard InChI is InChI=1S/C10H19N3O4/c1-7(13(2)8-3-4-8)5-11-10(16)12-17-6-9(14)15/h7-8H,3-6H2,1-2H3,(H,14,15)(H2,11,12,16). The number of carbonyl (C=O) groups excluding carboxylic acids is 1. The molecule has 7 heteroatoms. The lowest BCUT2D eigenvalue weighted by Crippen LogP contribution is -2.44. The van der Waals surface area contributed by atoms with Gasteiger partial charge in [0.15, 0.2) is 6.61 Å². The molecule has 0 aromatic rings. The second-order valence-electron chi connectivity index (χ2n) is 4.24. The van der Waals surface area contributed by atoms with E-state index in [4.69, 9.17) is 5.11 Å². The Hall–Kier alpha value is -1.34. The molecule has 1 rings (SSSR count). The number of hydroxylamine groups is 1. The van der Waals surface area contributed by atoms with E-state index in [1.54, 1.807) is 0 Å². The molecule has 0 radical (unpaired) electrons. The number of carbonyl (C=O) groups is 2. The summed E-state index contributed by atoms with van der Waals surface area (Å²) in [6.07, 6.45) is 2.43. The number of nitrogens with zero attached hydrogens (tertiary/aromatic N) is 1. The zero-order valence-corrected chi connectivity index (χ0v) is 10.1. The lowest BCUT2D eigenvalue weighted by molar-refractivity contribution is -0.144. The number of aliphatic carboxylic acids is 1. The molecule has 0 heterocycles. The third-order valence-electron chi connectivity index (χ3n) is 2.74. The zero-order chi connectivity index (χ0) is 12.8. The topological polar surface area (TPSA) is 90.9 Å². The maximum absolute atomic E-state index is 11.2. The second-order valence-corrected chi connectivity index (χ2v) is 4.24. The van der Waals surface area contributed by atoms with Crippen LogP contribution in [0.2, 0.25) is 0 Å². The van der Waals surface area contributed by atoms with Crippen molar-refractivity contribution in [3.63, 3.8) is 0 Å². The summed E-state index contributed by atoms with van der Waals surface area (Å²) in [5.74, 6) is -1.13. The molecule has 1 unspecified atom stereocenters. The highest BCUT2D eigenvalue weighted by Crippen LogP contribution is 2.26. The second kappa shape index (κ2) is 6.41. The molecule has 17 heavy (non-hydrogen) atoms. The molecular weight excluding hydrogens is 226 g/mol. The SMILES string of the molecule is CC(CNC(=O)NOCC(=O)O)N(C)C1CC1. The summed E-state index contributed by atoms with van der Waals surface area (Å²) in [6, 6.07) is 0.355. The highest BCUT2D eigenvalue weighted by atomic mass is 16.7. The average Bonchev–Trinajstić information content (AvgIpc) is 3.08. The smallest absolute Gasteiger partial charge is 0.338 e. The number of amides is 2. The maximum atomic E-state index is 11.2. The Balaban J connectivity index is 2.07. The lowest BCUT2D eigenvalue weighted by atomic mass is 10.3. The molecule has 0 spiro atoms. The maximum Gasteiger partial charge on any atom is 0.338 e. The summed E-state index contributed by atoms with van der Waals surface area (Å²) in [4.78, 5) is 27.9.